The van der Waals surface area contributed by atoms with E-state index < -0.39 is 5.41 Å². The number of hydrogen-bond acceptors (Lipinski definition) is 3. The van der Waals surface area contributed by atoms with Crippen molar-refractivity contribution in [3.05, 3.63) is 24.3 Å². The van der Waals surface area contributed by atoms with E-state index in [0.29, 0.717) is 5.75 Å². The monoisotopic (exact) mass is 222 g/mol. The number of rotatable bonds is 4. The minimum Gasteiger partial charge on any atom is -0.497 e. The normalized spacial score (nSPS) is 11.0. The van der Waals surface area contributed by atoms with Gasteiger partial charge in [-0.3, -0.25) is 4.79 Å². The highest BCUT2D eigenvalue weighted by Gasteiger charge is 2.27. The van der Waals surface area contributed by atoms with Gasteiger partial charge in [0.05, 0.1) is 12.5 Å². The van der Waals surface area contributed by atoms with Crippen LogP contribution in [-0.2, 0) is 4.79 Å². The van der Waals surface area contributed by atoms with E-state index in [2.05, 4.69) is 0 Å². The molecule has 0 aliphatic carbocycles. The first-order valence-electron chi connectivity index (χ1n) is 5.36. The standard InChI is InChI=1S/C13H18O3/c1-5-13(2,3)12(14)16-11-8-6-10(15-4)7-9-11/h6-9H,5H2,1-4H3. The molecule has 0 atom stereocenters. The molecule has 88 valence electrons. The Morgan fingerprint density at radius 3 is 2.12 bits per heavy atom. The van der Waals surface area contributed by atoms with Crippen molar-refractivity contribution in [2.45, 2.75) is 27.2 Å². The molecule has 3 heteroatoms. The fourth-order valence-electron chi connectivity index (χ4n) is 1.03. The van der Waals surface area contributed by atoms with Crippen LogP contribution in [0.15, 0.2) is 24.3 Å². The maximum Gasteiger partial charge on any atom is 0.316 e. The molecule has 0 aromatic heterocycles. The zero-order valence-corrected chi connectivity index (χ0v) is 10.2. The smallest absolute Gasteiger partial charge is 0.316 e. The summed E-state index contributed by atoms with van der Waals surface area (Å²) in [5.41, 5.74) is -0.445. The molecule has 16 heavy (non-hydrogen) atoms. The number of benzene rings is 1. The Hall–Kier alpha value is -1.51. The maximum atomic E-state index is 11.8. The minimum atomic E-state index is -0.445. The predicted molar refractivity (Wildman–Crippen MR) is 62.7 cm³/mol. The van der Waals surface area contributed by atoms with Gasteiger partial charge in [0.15, 0.2) is 0 Å². The number of carbonyl (C=O) groups excluding carboxylic acids is 1. The number of carbonyl (C=O) groups is 1. The molecule has 3 nitrogen and oxygen atoms in total. The Bertz CT molecular complexity index is 352. The van der Waals surface area contributed by atoms with Crippen LogP contribution in [0.2, 0.25) is 0 Å². The fourth-order valence-corrected chi connectivity index (χ4v) is 1.03. The third-order valence-electron chi connectivity index (χ3n) is 2.71. The lowest BCUT2D eigenvalue weighted by atomic mass is 9.91. The summed E-state index contributed by atoms with van der Waals surface area (Å²) in [6.07, 6.45) is 0.752. The summed E-state index contributed by atoms with van der Waals surface area (Å²) in [4.78, 5) is 11.8. The van der Waals surface area contributed by atoms with Gasteiger partial charge < -0.3 is 9.47 Å². The molecule has 0 fully saturated rings. The molecule has 0 spiro atoms. The minimum absolute atomic E-state index is 0.208. The second-order valence-corrected chi connectivity index (χ2v) is 4.30. The van der Waals surface area contributed by atoms with Crippen LogP contribution in [0.4, 0.5) is 0 Å². The Morgan fingerprint density at radius 2 is 1.69 bits per heavy atom. The SMILES string of the molecule is CCC(C)(C)C(=O)Oc1ccc(OC)cc1. The summed E-state index contributed by atoms with van der Waals surface area (Å²) in [7, 11) is 1.60. The average Bonchev–Trinajstić information content (AvgIpc) is 2.30. The van der Waals surface area contributed by atoms with E-state index in [1.54, 1.807) is 31.4 Å². The molecule has 0 amide bonds. The van der Waals surface area contributed by atoms with E-state index in [1.165, 1.54) is 0 Å². The highest BCUT2D eigenvalue weighted by atomic mass is 16.5. The Kier molecular flexibility index (Phi) is 3.93. The third-order valence-corrected chi connectivity index (χ3v) is 2.71. The van der Waals surface area contributed by atoms with Crippen molar-refractivity contribution in [1.29, 1.82) is 0 Å². The highest BCUT2D eigenvalue weighted by molar-refractivity contribution is 5.78. The predicted octanol–water partition coefficient (Wildman–Crippen LogP) is 3.04. The molecule has 0 radical (unpaired) electrons. The molecule has 0 N–H and O–H groups in total. The first-order chi connectivity index (χ1) is 7.49. The van der Waals surface area contributed by atoms with Crippen molar-refractivity contribution in [3.8, 4) is 11.5 Å². The van der Waals surface area contributed by atoms with E-state index in [9.17, 15) is 4.79 Å². The lowest BCUT2D eigenvalue weighted by Gasteiger charge is -2.20. The largest absolute Gasteiger partial charge is 0.497 e. The topological polar surface area (TPSA) is 35.5 Å². The quantitative estimate of drug-likeness (QED) is 0.580. The van der Waals surface area contributed by atoms with Gasteiger partial charge in [0, 0.05) is 0 Å². The van der Waals surface area contributed by atoms with Crippen LogP contribution in [0.3, 0.4) is 0 Å². The molecule has 1 aromatic carbocycles. The molecule has 0 aliphatic rings. The van der Waals surface area contributed by atoms with Gasteiger partial charge >= 0.3 is 5.97 Å². The van der Waals surface area contributed by atoms with Crippen molar-refractivity contribution >= 4 is 5.97 Å². The molecule has 0 unspecified atom stereocenters. The first-order valence-corrected chi connectivity index (χ1v) is 5.36. The molecule has 0 saturated heterocycles. The van der Waals surface area contributed by atoms with Gasteiger partial charge in [-0.25, -0.2) is 0 Å². The zero-order valence-electron chi connectivity index (χ0n) is 10.2. The van der Waals surface area contributed by atoms with Crippen molar-refractivity contribution in [2.24, 2.45) is 5.41 Å². The van der Waals surface area contributed by atoms with Crippen LogP contribution in [0.1, 0.15) is 27.2 Å². The van der Waals surface area contributed by atoms with Gasteiger partial charge in [0.2, 0.25) is 0 Å². The van der Waals surface area contributed by atoms with Gasteiger partial charge in [-0.15, -0.1) is 0 Å². The van der Waals surface area contributed by atoms with E-state index in [4.69, 9.17) is 9.47 Å². The third kappa shape index (κ3) is 2.99. The molecule has 1 rings (SSSR count). The second kappa shape index (κ2) is 5.01. The van der Waals surface area contributed by atoms with Crippen LogP contribution in [-0.4, -0.2) is 13.1 Å². The molecular weight excluding hydrogens is 204 g/mol. The second-order valence-electron chi connectivity index (χ2n) is 4.30. The van der Waals surface area contributed by atoms with Crippen LogP contribution in [0.5, 0.6) is 11.5 Å². The zero-order chi connectivity index (χ0) is 12.2. The summed E-state index contributed by atoms with van der Waals surface area (Å²) < 4.78 is 10.3. The van der Waals surface area contributed by atoms with Gasteiger partial charge in [0.1, 0.15) is 11.5 Å². The van der Waals surface area contributed by atoms with Crippen molar-refractivity contribution in [1.82, 2.24) is 0 Å². The van der Waals surface area contributed by atoms with Gasteiger partial charge in [-0.05, 0) is 44.5 Å². The van der Waals surface area contributed by atoms with Crippen LogP contribution >= 0.6 is 0 Å². The summed E-state index contributed by atoms with van der Waals surface area (Å²) in [6.45, 7) is 5.72. The number of methoxy groups -OCH3 is 1. The summed E-state index contributed by atoms with van der Waals surface area (Å²) in [5.74, 6) is 1.09. The van der Waals surface area contributed by atoms with Gasteiger partial charge in [-0.1, -0.05) is 6.92 Å². The molecule has 0 bridgehead atoms. The Balaban J connectivity index is 2.70. The van der Waals surface area contributed by atoms with E-state index in [1.807, 2.05) is 20.8 Å². The molecular formula is C13H18O3. The summed E-state index contributed by atoms with van der Waals surface area (Å²) >= 11 is 0. The lowest BCUT2D eigenvalue weighted by molar-refractivity contribution is -0.144. The van der Waals surface area contributed by atoms with Gasteiger partial charge in [0.25, 0.3) is 0 Å². The molecule has 0 saturated carbocycles. The lowest BCUT2D eigenvalue weighted by Crippen LogP contribution is -2.28. The Morgan fingerprint density at radius 1 is 1.19 bits per heavy atom. The summed E-state index contributed by atoms with van der Waals surface area (Å²) in [5, 5.41) is 0. The van der Waals surface area contributed by atoms with Crippen LogP contribution < -0.4 is 9.47 Å². The number of esters is 1. The number of hydrogen-bond donors (Lipinski definition) is 0. The van der Waals surface area contributed by atoms with Crippen molar-refractivity contribution < 1.29 is 14.3 Å². The van der Waals surface area contributed by atoms with Gasteiger partial charge in [-0.2, -0.15) is 0 Å². The van der Waals surface area contributed by atoms with Crippen molar-refractivity contribution in [2.75, 3.05) is 7.11 Å². The van der Waals surface area contributed by atoms with Crippen LogP contribution in [0, 0.1) is 5.41 Å². The van der Waals surface area contributed by atoms with Crippen molar-refractivity contribution in [3.63, 3.8) is 0 Å². The van der Waals surface area contributed by atoms with E-state index in [0.717, 1.165) is 12.2 Å². The maximum absolute atomic E-state index is 11.8. The summed E-state index contributed by atoms with van der Waals surface area (Å²) in [6, 6.07) is 6.98. The highest BCUT2D eigenvalue weighted by Crippen LogP contribution is 2.24. The number of ether oxygens (including phenoxy) is 2. The molecule has 0 heterocycles. The molecule has 1 aromatic rings. The fraction of sp³-hybridized carbons (Fsp3) is 0.462. The van der Waals surface area contributed by atoms with E-state index >= 15 is 0 Å². The van der Waals surface area contributed by atoms with E-state index in [-0.39, 0.29) is 5.97 Å². The van der Waals surface area contributed by atoms with Crippen LogP contribution in [0.25, 0.3) is 0 Å². The Labute approximate surface area is 96.4 Å². The average molecular weight is 222 g/mol. The first kappa shape index (κ1) is 12.6. The molecule has 0 aliphatic heterocycles.